The van der Waals surface area contributed by atoms with E-state index in [1.807, 2.05) is 6.92 Å². The minimum atomic E-state index is -0.806. The third kappa shape index (κ3) is 2.92. The SMILES string of the molecule is C=C(C)CNCc1cccc(F)c1F. The van der Waals surface area contributed by atoms with Crippen LogP contribution < -0.4 is 5.32 Å². The molecule has 1 rings (SSSR count). The molecule has 3 heteroatoms. The van der Waals surface area contributed by atoms with Crippen LogP contribution in [0.5, 0.6) is 0 Å². The largest absolute Gasteiger partial charge is 0.309 e. The van der Waals surface area contributed by atoms with E-state index in [4.69, 9.17) is 0 Å². The first-order valence-corrected chi connectivity index (χ1v) is 4.39. The van der Waals surface area contributed by atoms with Crippen molar-refractivity contribution in [3.05, 3.63) is 47.5 Å². The Labute approximate surface area is 82.4 Å². The van der Waals surface area contributed by atoms with Crippen molar-refractivity contribution in [2.75, 3.05) is 6.54 Å². The molecule has 0 saturated carbocycles. The maximum Gasteiger partial charge on any atom is 0.163 e. The Morgan fingerprint density at radius 3 is 2.79 bits per heavy atom. The van der Waals surface area contributed by atoms with Crippen molar-refractivity contribution in [2.24, 2.45) is 0 Å². The van der Waals surface area contributed by atoms with E-state index in [1.54, 1.807) is 6.07 Å². The van der Waals surface area contributed by atoms with Crippen LogP contribution in [-0.2, 0) is 6.54 Å². The van der Waals surface area contributed by atoms with Crippen molar-refractivity contribution >= 4 is 0 Å². The van der Waals surface area contributed by atoms with E-state index in [0.29, 0.717) is 18.7 Å². The van der Waals surface area contributed by atoms with Gasteiger partial charge in [-0.15, -0.1) is 0 Å². The van der Waals surface area contributed by atoms with Crippen LogP contribution in [0.25, 0.3) is 0 Å². The van der Waals surface area contributed by atoms with Gasteiger partial charge in [0.15, 0.2) is 11.6 Å². The van der Waals surface area contributed by atoms with E-state index in [1.165, 1.54) is 6.07 Å². The molecule has 0 aromatic heterocycles. The summed E-state index contributed by atoms with van der Waals surface area (Å²) < 4.78 is 25.8. The molecule has 1 aromatic carbocycles. The molecule has 0 atom stereocenters. The van der Waals surface area contributed by atoms with Crippen molar-refractivity contribution in [3.8, 4) is 0 Å². The van der Waals surface area contributed by atoms with Crippen LogP contribution in [-0.4, -0.2) is 6.54 Å². The maximum absolute atomic E-state index is 13.1. The van der Waals surface area contributed by atoms with Gasteiger partial charge in [0.2, 0.25) is 0 Å². The zero-order chi connectivity index (χ0) is 10.6. The Balaban J connectivity index is 2.59. The molecule has 1 nitrogen and oxygen atoms in total. The summed E-state index contributed by atoms with van der Waals surface area (Å²) in [5, 5.41) is 2.96. The van der Waals surface area contributed by atoms with Crippen molar-refractivity contribution in [2.45, 2.75) is 13.5 Å². The van der Waals surface area contributed by atoms with Gasteiger partial charge in [0.1, 0.15) is 0 Å². The maximum atomic E-state index is 13.1. The Morgan fingerprint density at radius 2 is 2.14 bits per heavy atom. The summed E-state index contributed by atoms with van der Waals surface area (Å²) in [5.74, 6) is -1.58. The lowest BCUT2D eigenvalue weighted by atomic mass is 10.2. The average Bonchev–Trinajstić information content (AvgIpc) is 2.12. The van der Waals surface area contributed by atoms with Crippen molar-refractivity contribution in [3.63, 3.8) is 0 Å². The minimum absolute atomic E-state index is 0.316. The van der Waals surface area contributed by atoms with Crippen molar-refractivity contribution < 1.29 is 8.78 Å². The van der Waals surface area contributed by atoms with E-state index >= 15 is 0 Å². The smallest absolute Gasteiger partial charge is 0.163 e. The predicted octanol–water partition coefficient (Wildman–Crippen LogP) is 2.63. The zero-order valence-corrected chi connectivity index (χ0v) is 8.11. The Bertz CT molecular complexity index is 334. The predicted molar refractivity (Wildman–Crippen MR) is 52.9 cm³/mol. The Kier molecular flexibility index (Phi) is 3.77. The molecule has 14 heavy (non-hydrogen) atoms. The first-order chi connectivity index (χ1) is 6.61. The fraction of sp³-hybridized carbons (Fsp3) is 0.273. The van der Waals surface area contributed by atoms with Crippen LogP contribution in [0.15, 0.2) is 30.4 Å². The summed E-state index contributed by atoms with van der Waals surface area (Å²) in [4.78, 5) is 0. The van der Waals surface area contributed by atoms with Gasteiger partial charge in [-0.05, 0) is 13.0 Å². The summed E-state index contributed by atoms with van der Waals surface area (Å²) in [6, 6.07) is 4.16. The topological polar surface area (TPSA) is 12.0 Å². The molecular weight excluding hydrogens is 184 g/mol. The molecule has 76 valence electrons. The van der Waals surface area contributed by atoms with Gasteiger partial charge in [-0.2, -0.15) is 0 Å². The minimum Gasteiger partial charge on any atom is -0.309 e. The molecular formula is C11H13F2N. The molecule has 0 radical (unpaired) electrons. The van der Waals surface area contributed by atoms with E-state index in [9.17, 15) is 8.78 Å². The van der Waals surface area contributed by atoms with Gasteiger partial charge in [0.25, 0.3) is 0 Å². The normalized spacial score (nSPS) is 10.2. The van der Waals surface area contributed by atoms with Crippen molar-refractivity contribution in [1.29, 1.82) is 0 Å². The molecule has 0 aliphatic heterocycles. The molecule has 0 amide bonds. The fourth-order valence-electron chi connectivity index (χ4n) is 1.10. The monoisotopic (exact) mass is 197 g/mol. The van der Waals surface area contributed by atoms with Crippen LogP contribution in [0.3, 0.4) is 0 Å². The number of hydrogen-bond acceptors (Lipinski definition) is 1. The highest BCUT2D eigenvalue weighted by molar-refractivity contribution is 5.18. The van der Waals surface area contributed by atoms with Crippen molar-refractivity contribution in [1.82, 2.24) is 5.32 Å². The van der Waals surface area contributed by atoms with Gasteiger partial charge >= 0.3 is 0 Å². The molecule has 0 unspecified atom stereocenters. The van der Waals surface area contributed by atoms with Gasteiger partial charge in [0.05, 0.1) is 0 Å². The van der Waals surface area contributed by atoms with Gasteiger partial charge in [-0.25, -0.2) is 8.78 Å². The van der Waals surface area contributed by atoms with Gasteiger partial charge in [0, 0.05) is 18.7 Å². The third-order valence-electron chi connectivity index (χ3n) is 1.77. The summed E-state index contributed by atoms with van der Waals surface area (Å²) in [7, 11) is 0. The average molecular weight is 197 g/mol. The molecule has 0 saturated heterocycles. The van der Waals surface area contributed by atoms with E-state index in [-0.39, 0.29) is 0 Å². The fourth-order valence-corrected chi connectivity index (χ4v) is 1.10. The number of nitrogens with one attached hydrogen (secondary N) is 1. The van der Waals surface area contributed by atoms with Gasteiger partial charge < -0.3 is 5.32 Å². The van der Waals surface area contributed by atoms with E-state index in [2.05, 4.69) is 11.9 Å². The van der Waals surface area contributed by atoms with Crippen LogP contribution in [0.2, 0.25) is 0 Å². The summed E-state index contributed by atoms with van der Waals surface area (Å²) >= 11 is 0. The summed E-state index contributed by atoms with van der Waals surface area (Å²) in [5.41, 5.74) is 1.30. The number of benzene rings is 1. The quantitative estimate of drug-likeness (QED) is 0.732. The summed E-state index contributed by atoms with van der Waals surface area (Å²) in [6.07, 6.45) is 0. The lowest BCUT2D eigenvalue weighted by molar-refractivity contribution is 0.494. The second-order valence-electron chi connectivity index (χ2n) is 3.27. The van der Waals surface area contributed by atoms with Crippen LogP contribution in [0.4, 0.5) is 8.78 Å². The molecule has 0 spiro atoms. The first-order valence-electron chi connectivity index (χ1n) is 4.39. The molecule has 0 aliphatic carbocycles. The lowest BCUT2D eigenvalue weighted by Crippen LogP contribution is -2.16. The van der Waals surface area contributed by atoms with Crippen LogP contribution in [0.1, 0.15) is 12.5 Å². The highest BCUT2D eigenvalue weighted by Gasteiger charge is 2.06. The van der Waals surface area contributed by atoms with E-state index < -0.39 is 11.6 Å². The highest BCUT2D eigenvalue weighted by atomic mass is 19.2. The second-order valence-corrected chi connectivity index (χ2v) is 3.27. The molecule has 0 aliphatic rings. The van der Waals surface area contributed by atoms with Crippen LogP contribution >= 0.6 is 0 Å². The van der Waals surface area contributed by atoms with E-state index in [0.717, 1.165) is 11.6 Å². The molecule has 0 heterocycles. The zero-order valence-electron chi connectivity index (χ0n) is 8.11. The van der Waals surface area contributed by atoms with Gasteiger partial charge in [-0.1, -0.05) is 24.3 Å². The lowest BCUT2D eigenvalue weighted by Gasteiger charge is -2.05. The molecule has 0 fully saturated rings. The summed E-state index contributed by atoms with van der Waals surface area (Å²) in [6.45, 7) is 6.49. The third-order valence-corrected chi connectivity index (χ3v) is 1.77. The highest BCUT2D eigenvalue weighted by Crippen LogP contribution is 2.10. The van der Waals surface area contributed by atoms with Gasteiger partial charge in [-0.3, -0.25) is 0 Å². The standard InChI is InChI=1S/C11H13F2N/c1-8(2)6-14-7-9-4-3-5-10(12)11(9)13/h3-5,14H,1,6-7H2,2H3. The molecule has 1 N–H and O–H groups in total. The first kappa shape index (κ1) is 10.9. The second kappa shape index (κ2) is 4.86. The van der Waals surface area contributed by atoms with Crippen LogP contribution in [0, 0.1) is 11.6 Å². The number of hydrogen-bond donors (Lipinski definition) is 1. The molecule has 1 aromatic rings. The Morgan fingerprint density at radius 1 is 1.43 bits per heavy atom. The molecule has 0 bridgehead atoms. The Hall–Kier alpha value is -1.22. The number of rotatable bonds is 4. The number of halogens is 2.